The van der Waals surface area contributed by atoms with Crippen LogP contribution >= 0.6 is 0 Å². The van der Waals surface area contributed by atoms with Crippen LogP contribution in [0, 0.1) is 5.82 Å². The van der Waals surface area contributed by atoms with E-state index in [4.69, 9.17) is 9.47 Å². The van der Waals surface area contributed by atoms with Crippen LogP contribution in [0.5, 0.6) is 5.75 Å². The number of likely N-dealkylation sites (N-methyl/N-ethyl adjacent to an activating group) is 1. The molecule has 4 nitrogen and oxygen atoms in total. The number of hydrogen-bond donors (Lipinski definition) is 0. The van der Waals surface area contributed by atoms with Gasteiger partial charge in [0.25, 0.3) is 0 Å². The number of benzene rings is 1. The van der Waals surface area contributed by atoms with Crippen molar-refractivity contribution in [3.05, 3.63) is 29.6 Å². The van der Waals surface area contributed by atoms with Crippen molar-refractivity contribution in [2.24, 2.45) is 0 Å². The molecule has 5 heteroatoms. The van der Waals surface area contributed by atoms with Crippen LogP contribution < -0.4 is 4.74 Å². The number of ether oxygens (including phenoxy) is 2. The van der Waals surface area contributed by atoms with E-state index in [0.717, 1.165) is 0 Å². The second-order valence-corrected chi connectivity index (χ2v) is 3.91. The van der Waals surface area contributed by atoms with Gasteiger partial charge >= 0.3 is 5.97 Å². The third-order valence-corrected chi connectivity index (χ3v) is 2.41. The Kier molecular flexibility index (Phi) is 5.58. The monoisotopic (exact) mass is 255 g/mol. The van der Waals surface area contributed by atoms with E-state index in [-0.39, 0.29) is 18.3 Å². The number of carbonyl (C=O) groups is 1. The summed E-state index contributed by atoms with van der Waals surface area (Å²) in [6.45, 7) is 2.55. The summed E-state index contributed by atoms with van der Waals surface area (Å²) in [5, 5.41) is 0. The topological polar surface area (TPSA) is 38.8 Å². The number of nitrogens with zero attached hydrogens (tertiary/aromatic N) is 1. The molecule has 0 N–H and O–H groups in total. The molecule has 0 aliphatic heterocycles. The summed E-state index contributed by atoms with van der Waals surface area (Å²) >= 11 is 0. The van der Waals surface area contributed by atoms with Crippen molar-refractivity contribution < 1.29 is 18.7 Å². The number of esters is 1. The van der Waals surface area contributed by atoms with Gasteiger partial charge in [-0.15, -0.1) is 0 Å². The van der Waals surface area contributed by atoms with Crippen molar-refractivity contribution in [3.8, 4) is 5.75 Å². The number of hydrogen-bond acceptors (Lipinski definition) is 4. The summed E-state index contributed by atoms with van der Waals surface area (Å²) in [5.41, 5.74) is 0.487. The Balaban J connectivity index is 2.64. The molecule has 1 rings (SSSR count). The highest BCUT2D eigenvalue weighted by atomic mass is 19.1. The van der Waals surface area contributed by atoms with Crippen molar-refractivity contribution in [1.82, 2.24) is 4.90 Å². The predicted molar refractivity (Wildman–Crippen MR) is 65.9 cm³/mol. The fraction of sp³-hybridized carbons (Fsp3) is 0.462. The Morgan fingerprint density at radius 2 is 2.17 bits per heavy atom. The molecule has 100 valence electrons. The van der Waals surface area contributed by atoms with Crippen LogP contribution in [0.15, 0.2) is 18.2 Å². The smallest absolute Gasteiger partial charge is 0.320 e. The first-order valence-corrected chi connectivity index (χ1v) is 5.74. The van der Waals surface area contributed by atoms with E-state index in [9.17, 15) is 9.18 Å². The molecular formula is C13H18FNO3. The molecule has 0 aliphatic carbocycles. The average molecular weight is 255 g/mol. The zero-order valence-electron chi connectivity index (χ0n) is 10.9. The molecule has 0 amide bonds. The van der Waals surface area contributed by atoms with Crippen LogP contribution in [0.2, 0.25) is 0 Å². The number of methoxy groups -OCH3 is 1. The zero-order valence-corrected chi connectivity index (χ0v) is 10.9. The molecule has 1 aromatic rings. The fourth-order valence-corrected chi connectivity index (χ4v) is 1.61. The number of halogens is 1. The van der Waals surface area contributed by atoms with Crippen molar-refractivity contribution in [2.45, 2.75) is 13.5 Å². The molecular weight excluding hydrogens is 237 g/mol. The quantitative estimate of drug-likeness (QED) is 0.727. The van der Waals surface area contributed by atoms with Gasteiger partial charge in [-0.3, -0.25) is 9.69 Å². The lowest BCUT2D eigenvalue weighted by Crippen LogP contribution is -2.27. The molecule has 0 saturated carbocycles. The van der Waals surface area contributed by atoms with Crippen LogP contribution in [-0.4, -0.2) is 38.2 Å². The van der Waals surface area contributed by atoms with E-state index in [1.54, 1.807) is 37.1 Å². The molecule has 18 heavy (non-hydrogen) atoms. The Bertz CT molecular complexity index is 409. The van der Waals surface area contributed by atoms with E-state index in [1.807, 2.05) is 0 Å². The molecule has 0 aromatic heterocycles. The summed E-state index contributed by atoms with van der Waals surface area (Å²) in [5.74, 6) is -0.504. The Hall–Kier alpha value is -1.62. The first-order chi connectivity index (χ1) is 8.58. The molecule has 0 bridgehead atoms. The van der Waals surface area contributed by atoms with Crippen LogP contribution in [0.3, 0.4) is 0 Å². The van der Waals surface area contributed by atoms with Gasteiger partial charge < -0.3 is 9.47 Å². The summed E-state index contributed by atoms with van der Waals surface area (Å²) in [7, 11) is 3.15. The zero-order chi connectivity index (χ0) is 13.5. The Morgan fingerprint density at radius 3 is 2.78 bits per heavy atom. The SMILES string of the molecule is CCOC(=O)CN(C)Cc1cccc(OC)c1F. The van der Waals surface area contributed by atoms with Gasteiger partial charge in [0.05, 0.1) is 20.3 Å². The van der Waals surface area contributed by atoms with E-state index in [2.05, 4.69) is 0 Å². The number of rotatable bonds is 6. The maximum absolute atomic E-state index is 13.9. The molecule has 0 saturated heterocycles. The van der Waals surface area contributed by atoms with Crippen molar-refractivity contribution >= 4 is 5.97 Å². The second-order valence-electron chi connectivity index (χ2n) is 3.91. The van der Waals surface area contributed by atoms with Crippen molar-refractivity contribution in [1.29, 1.82) is 0 Å². The summed E-state index contributed by atoms with van der Waals surface area (Å²) in [6.07, 6.45) is 0. The normalized spacial score (nSPS) is 10.5. The van der Waals surface area contributed by atoms with E-state index in [0.29, 0.717) is 18.7 Å². The highest BCUT2D eigenvalue weighted by Gasteiger charge is 2.12. The fourth-order valence-electron chi connectivity index (χ4n) is 1.61. The highest BCUT2D eigenvalue weighted by molar-refractivity contribution is 5.71. The first kappa shape index (κ1) is 14.4. The summed E-state index contributed by atoms with van der Waals surface area (Å²) in [6, 6.07) is 4.94. The Labute approximate surface area is 106 Å². The molecule has 0 heterocycles. The minimum absolute atomic E-state index is 0.129. The maximum Gasteiger partial charge on any atom is 0.320 e. The maximum atomic E-state index is 13.9. The molecule has 0 fully saturated rings. The minimum Gasteiger partial charge on any atom is -0.494 e. The van der Waals surface area contributed by atoms with E-state index < -0.39 is 5.82 Å². The first-order valence-electron chi connectivity index (χ1n) is 5.74. The highest BCUT2D eigenvalue weighted by Crippen LogP contribution is 2.20. The van der Waals surface area contributed by atoms with Gasteiger partial charge in [0, 0.05) is 12.1 Å². The van der Waals surface area contributed by atoms with Crippen molar-refractivity contribution in [2.75, 3.05) is 27.3 Å². The third kappa shape index (κ3) is 4.00. The van der Waals surface area contributed by atoms with Crippen LogP contribution in [0.25, 0.3) is 0 Å². The third-order valence-electron chi connectivity index (χ3n) is 2.41. The molecule has 0 spiro atoms. The van der Waals surface area contributed by atoms with E-state index >= 15 is 0 Å². The standard InChI is InChI=1S/C13H18FNO3/c1-4-18-12(16)9-15(2)8-10-6-5-7-11(17-3)13(10)14/h5-7H,4,8-9H2,1-3H3. The van der Waals surface area contributed by atoms with Crippen LogP contribution in [0.1, 0.15) is 12.5 Å². The van der Waals surface area contributed by atoms with E-state index in [1.165, 1.54) is 7.11 Å². The lowest BCUT2D eigenvalue weighted by molar-refractivity contribution is -0.144. The van der Waals surface area contributed by atoms with Crippen molar-refractivity contribution in [3.63, 3.8) is 0 Å². The van der Waals surface area contributed by atoms with Gasteiger partial charge in [0.2, 0.25) is 0 Å². The van der Waals surface area contributed by atoms with Gasteiger partial charge in [0.1, 0.15) is 0 Å². The lowest BCUT2D eigenvalue weighted by Gasteiger charge is -2.16. The summed E-state index contributed by atoms with van der Waals surface area (Å²) < 4.78 is 23.6. The molecule has 1 aromatic carbocycles. The summed E-state index contributed by atoms with van der Waals surface area (Å²) in [4.78, 5) is 13.0. The Morgan fingerprint density at radius 1 is 1.44 bits per heavy atom. The van der Waals surface area contributed by atoms with Crippen LogP contribution in [0.4, 0.5) is 4.39 Å². The largest absolute Gasteiger partial charge is 0.494 e. The number of carbonyl (C=O) groups excluding carboxylic acids is 1. The van der Waals surface area contributed by atoms with Crippen LogP contribution in [-0.2, 0) is 16.1 Å². The molecule has 0 aliphatic rings. The molecule has 0 unspecified atom stereocenters. The van der Waals surface area contributed by atoms with Gasteiger partial charge in [-0.05, 0) is 20.0 Å². The predicted octanol–water partition coefficient (Wildman–Crippen LogP) is 1.83. The lowest BCUT2D eigenvalue weighted by atomic mass is 10.2. The molecule has 0 radical (unpaired) electrons. The van der Waals surface area contributed by atoms with Gasteiger partial charge in [-0.2, -0.15) is 0 Å². The average Bonchev–Trinajstić information content (AvgIpc) is 2.32. The van der Waals surface area contributed by atoms with Gasteiger partial charge in [0.15, 0.2) is 11.6 Å². The van der Waals surface area contributed by atoms with Gasteiger partial charge in [-0.25, -0.2) is 4.39 Å². The minimum atomic E-state index is -0.393. The molecule has 0 atom stereocenters. The van der Waals surface area contributed by atoms with Gasteiger partial charge in [-0.1, -0.05) is 12.1 Å². The second kappa shape index (κ2) is 6.96.